The van der Waals surface area contributed by atoms with E-state index in [1.807, 2.05) is 0 Å². The van der Waals surface area contributed by atoms with Crippen molar-refractivity contribution >= 4 is 17.3 Å². The first-order chi connectivity index (χ1) is 3.95. The molecule has 0 saturated carbocycles. The number of hydrogen-bond acceptors (Lipinski definition) is 1. The molecule has 6 heavy (non-hydrogen) atoms. The molecule has 0 unspecified atom stereocenters. The maximum atomic E-state index is 6.66. The van der Waals surface area contributed by atoms with Gasteiger partial charge in [0.2, 0.25) is 0 Å². The van der Waals surface area contributed by atoms with Gasteiger partial charge in [-0.3, -0.25) is 0 Å². The summed E-state index contributed by atoms with van der Waals surface area (Å²) in [6.45, 7) is -2.18. The van der Waals surface area contributed by atoms with Crippen LogP contribution in [0.3, 0.4) is 0 Å². The molecule has 0 atom stereocenters. The minimum atomic E-state index is -2.18. The van der Waals surface area contributed by atoms with Gasteiger partial charge in [0.15, 0.2) is 5.11 Å². The minimum Gasteiger partial charge on any atom is -0.366 e. The van der Waals surface area contributed by atoms with E-state index < -0.39 is 6.98 Å². The Labute approximate surface area is 47.1 Å². The van der Waals surface area contributed by atoms with Crippen LogP contribution in [0.5, 0.6) is 0 Å². The maximum Gasteiger partial charge on any atom is 0.165 e. The molecule has 2 nitrogen and oxygen atoms in total. The van der Waals surface area contributed by atoms with Gasteiger partial charge in [0.1, 0.15) is 0 Å². The van der Waals surface area contributed by atoms with Gasteiger partial charge >= 0.3 is 0 Å². The Morgan fingerprint density at radius 2 is 2.50 bits per heavy atom. The fourth-order valence-corrected chi connectivity index (χ4v) is 0.0625. The van der Waals surface area contributed by atoms with Crippen LogP contribution in [0.25, 0.3) is 0 Å². The Kier molecular flexibility index (Phi) is 1.02. The summed E-state index contributed by atoms with van der Waals surface area (Å²) in [4.78, 5) is 0. The molecular weight excluding hydrogens is 96.1 g/mol. The first kappa shape index (κ1) is 2.12. The number of rotatable bonds is 0. The Morgan fingerprint density at radius 3 is 2.67 bits per heavy atom. The summed E-state index contributed by atoms with van der Waals surface area (Å²) in [5.41, 5.74) is 0. The van der Waals surface area contributed by atoms with Crippen LogP contribution >= 0.6 is 12.2 Å². The van der Waals surface area contributed by atoms with E-state index in [9.17, 15) is 0 Å². The highest BCUT2D eigenvalue weighted by atomic mass is 32.1. The van der Waals surface area contributed by atoms with Crippen LogP contribution in [-0.2, 0) is 0 Å². The van der Waals surface area contributed by atoms with Gasteiger partial charge in [0.25, 0.3) is 0 Å². The monoisotopic (exact) mass is 107 g/mol. The molecule has 0 saturated heterocycles. The van der Waals surface area contributed by atoms with Gasteiger partial charge in [-0.25, -0.2) is 0 Å². The van der Waals surface area contributed by atoms with E-state index in [2.05, 4.69) is 22.9 Å². The fourth-order valence-electron chi connectivity index (χ4n) is 0.0625. The third kappa shape index (κ3) is 1.96. The molecule has 0 aliphatic carbocycles. The molecular formula is C3H8N2S. The van der Waals surface area contributed by atoms with Crippen molar-refractivity contribution in [3.63, 3.8) is 0 Å². The number of hydrogen-bond donors (Lipinski definition) is 2. The highest BCUT2D eigenvalue weighted by molar-refractivity contribution is 7.80. The average molecular weight is 107 g/mol. The molecule has 0 fully saturated rings. The van der Waals surface area contributed by atoms with E-state index >= 15 is 0 Å². The molecule has 2 N–H and O–H groups in total. The van der Waals surface area contributed by atoms with E-state index in [1.54, 1.807) is 7.05 Å². The van der Waals surface area contributed by atoms with Gasteiger partial charge in [0.05, 0.1) is 0 Å². The Balaban J connectivity index is 3.60. The normalized spacial score (nSPS) is 16.5. The molecule has 3 heteroatoms. The molecule has 0 amide bonds. The van der Waals surface area contributed by atoms with Gasteiger partial charge in [-0.15, -0.1) is 0 Å². The van der Waals surface area contributed by atoms with E-state index in [0.29, 0.717) is 0 Å². The fraction of sp³-hybridized carbons (Fsp3) is 0.667. The lowest BCUT2D eigenvalue weighted by molar-refractivity contribution is 1.06. The molecule has 0 spiro atoms. The predicted octanol–water partition coefficient (Wildman–Crippen LogP) is -0.290. The Bertz CT molecular complexity index is 110. The van der Waals surface area contributed by atoms with Crippen LogP contribution in [0.2, 0.25) is 0 Å². The van der Waals surface area contributed by atoms with Crippen LogP contribution in [0.4, 0.5) is 0 Å². The first-order valence-electron chi connectivity index (χ1n) is 2.95. The van der Waals surface area contributed by atoms with Crippen molar-refractivity contribution in [3.05, 3.63) is 0 Å². The number of thiocarbonyl (C=S) groups is 1. The quantitative estimate of drug-likeness (QED) is 0.416. The van der Waals surface area contributed by atoms with Gasteiger partial charge in [-0.05, 0) is 12.2 Å². The van der Waals surface area contributed by atoms with Crippen molar-refractivity contribution in [2.24, 2.45) is 0 Å². The highest BCUT2D eigenvalue weighted by Crippen LogP contribution is 1.52. The van der Waals surface area contributed by atoms with Crippen LogP contribution < -0.4 is 10.6 Å². The highest BCUT2D eigenvalue weighted by Gasteiger charge is 1.75. The van der Waals surface area contributed by atoms with Crippen LogP contribution in [0, 0.1) is 0 Å². The van der Waals surface area contributed by atoms with Crippen molar-refractivity contribution in [1.82, 2.24) is 10.6 Å². The smallest absolute Gasteiger partial charge is 0.165 e. The average Bonchev–Trinajstić information content (AvgIpc) is 1.62. The molecule has 0 bridgehead atoms. The van der Waals surface area contributed by atoms with Gasteiger partial charge in [-0.1, -0.05) is 0 Å². The van der Waals surface area contributed by atoms with Crippen LogP contribution in [0.1, 0.15) is 4.11 Å². The van der Waals surface area contributed by atoms with Crippen molar-refractivity contribution in [2.45, 2.75) is 0 Å². The molecule has 0 aliphatic heterocycles. The van der Waals surface area contributed by atoms with E-state index in [0.717, 1.165) is 0 Å². The molecule has 0 aromatic heterocycles. The molecule has 0 rings (SSSR count). The lowest BCUT2D eigenvalue weighted by atomic mass is 11.0. The summed E-state index contributed by atoms with van der Waals surface area (Å²) in [7, 11) is 1.56. The second-order valence-corrected chi connectivity index (χ2v) is 1.11. The first-order valence-corrected chi connectivity index (χ1v) is 1.86. The van der Waals surface area contributed by atoms with E-state index in [-0.39, 0.29) is 5.11 Å². The molecule has 36 valence electrons. The zero-order valence-corrected chi connectivity index (χ0v) is 4.22. The molecule has 0 aromatic carbocycles. The lowest BCUT2D eigenvalue weighted by Gasteiger charge is -1.95. The predicted molar refractivity (Wildman–Crippen MR) is 30.7 cm³/mol. The minimum absolute atomic E-state index is 0.134. The lowest BCUT2D eigenvalue weighted by Crippen LogP contribution is -2.28. The maximum absolute atomic E-state index is 6.66. The summed E-state index contributed by atoms with van der Waals surface area (Å²) >= 11 is 4.52. The van der Waals surface area contributed by atoms with Crippen molar-refractivity contribution in [3.8, 4) is 0 Å². The van der Waals surface area contributed by atoms with Gasteiger partial charge in [0, 0.05) is 18.1 Å². The van der Waals surface area contributed by atoms with Crippen molar-refractivity contribution in [2.75, 3.05) is 14.0 Å². The molecule has 0 heterocycles. The third-order valence-corrected chi connectivity index (χ3v) is 0.647. The Hall–Kier alpha value is -0.310. The third-order valence-electron chi connectivity index (χ3n) is 0.341. The van der Waals surface area contributed by atoms with Gasteiger partial charge < -0.3 is 10.6 Å². The summed E-state index contributed by atoms with van der Waals surface area (Å²) in [5.74, 6) is 0. The zero-order chi connectivity index (χ0) is 7.49. The van der Waals surface area contributed by atoms with Crippen molar-refractivity contribution in [1.29, 1.82) is 0 Å². The van der Waals surface area contributed by atoms with Crippen molar-refractivity contribution < 1.29 is 4.11 Å². The Morgan fingerprint density at radius 1 is 1.83 bits per heavy atom. The molecule has 0 aliphatic rings. The summed E-state index contributed by atoms with van der Waals surface area (Å²) in [6, 6.07) is 0. The van der Waals surface area contributed by atoms with E-state index in [4.69, 9.17) is 4.11 Å². The summed E-state index contributed by atoms with van der Waals surface area (Å²) in [5, 5.41) is 4.71. The molecule has 0 radical (unpaired) electrons. The second-order valence-electron chi connectivity index (χ2n) is 0.704. The number of nitrogens with one attached hydrogen (secondary N) is 2. The van der Waals surface area contributed by atoms with Crippen LogP contribution in [-0.4, -0.2) is 19.1 Å². The topological polar surface area (TPSA) is 24.1 Å². The van der Waals surface area contributed by atoms with Gasteiger partial charge in [-0.2, -0.15) is 0 Å². The van der Waals surface area contributed by atoms with Crippen LogP contribution in [0.15, 0.2) is 0 Å². The standard InChI is InChI=1S/C3H8N2S/c1-4-3(6)5-2/h1-2H3,(H2,4,5,6)/i1D3. The second kappa shape index (κ2) is 2.90. The van der Waals surface area contributed by atoms with E-state index in [1.165, 1.54) is 0 Å². The largest absolute Gasteiger partial charge is 0.366 e. The summed E-state index contributed by atoms with van der Waals surface area (Å²) < 4.78 is 20.0. The zero-order valence-electron chi connectivity index (χ0n) is 6.41. The SMILES string of the molecule is [2H]C([2H])([2H])NC(=S)NC. The molecule has 0 aromatic rings. The summed E-state index contributed by atoms with van der Waals surface area (Å²) in [6.07, 6.45) is 0.